The molecule has 3 rings (SSSR count). The van der Waals surface area contributed by atoms with Crippen molar-refractivity contribution in [1.82, 2.24) is 14.9 Å². The number of carbonyl (C=O) groups excluding carboxylic acids is 1. The van der Waals surface area contributed by atoms with E-state index in [1.165, 1.54) is 6.08 Å². The Balaban J connectivity index is 1.83. The molecule has 0 radical (unpaired) electrons. The Kier molecular flexibility index (Phi) is 6.03. The van der Waals surface area contributed by atoms with Gasteiger partial charge < -0.3 is 20.5 Å². The molecule has 1 unspecified atom stereocenters. The molecule has 0 saturated carbocycles. The molecule has 7 nitrogen and oxygen atoms in total. The zero-order valence-electron chi connectivity index (χ0n) is 15.5. The van der Waals surface area contributed by atoms with Crippen LogP contribution in [0.25, 0.3) is 11.1 Å². The molecule has 1 aliphatic heterocycles. The van der Waals surface area contributed by atoms with E-state index in [1.54, 1.807) is 29.6 Å². The van der Waals surface area contributed by atoms with Crippen molar-refractivity contribution < 1.29 is 4.79 Å². The molecule has 1 atom stereocenters. The number of nitrogens with two attached hydrogens (primary N) is 1. The van der Waals surface area contributed by atoms with Crippen molar-refractivity contribution in [2.24, 2.45) is 5.73 Å². The van der Waals surface area contributed by atoms with Gasteiger partial charge in [0, 0.05) is 62.5 Å². The number of rotatable bonds is 6. The molecule has 142 valence electrons. The molecule has 27 heavy (non-hydrogen) atoms. The average molecular weight is 367 g/mol. The molecule has 3 N–H and O–H groups in total. The molecule has 1 amide bonds. The van der Waals surface area contributed by atoms with Gasteiger partial charge in [-0.3, -0.25) is 14.6 Å². The van der Waals surface area contributed by atoms with Gasteiger partial charge in [-0.1, -0.05) is 6.08 Å². The monoisotopic (exact) mass is 367 g/mol. The number of H-pyrrole nitrogens is 1. The highest BCUT2D eigenvalue weighted by Gasteiger charge is 2.30. The van der Waals surface area contributed by atoms with Gasteiger partial charge in [-0.05, 0) is 37.1 Å². The molecule has 7 heteroatoms. The molecular formula is C20H25N5O2. The van der Waals surface area contributed by atoms with Gasteiger partial charge in [0.1, 0.15) is 5.69 Å². The number of hydrogen-bond donors (Lipinski definition) is 2. The molecule has 0 aliphatic carbocycles. The van der Waals surface area contributed by atoms with E-state index < -0.39 is 0 Å². The van der Waals surface area contributed by atoms with E-state index in [0.717, 1.165) is 17.5 Å². The lowest BCUT2D eigenvalue weighted by Crippen LogP contribution is -2.41. The maximum atomic E-state index is 12.5. The highest BCUT2D eigenvalue weighted by molar-refractivity contribution is 5.88. The van der Waals surface area contributed by atoms with Crippen molar-refractivity contribution in [3.63, 3.8) is 0 Å². The van der Waals surface area contributed by atoms with Crippen molar-refractivity contribution >= 4 is 11.6 Å². The summed E-state index contributed by atoms with van der Waals surface area (Å²) >= 11 is 0. The number of aromatic amines is 1. The Hall–Kier alpha value is -2.93. The second-order valence-electron chi connectivity index (χ2n) is 6.49. The first kappa shape index (κ1) is 18.8. The Morgan fingerprint density at radius 1 is 1.41 bits per heavy atom. The summed E-state index contributed by atoms with van der Waals surface area (Å²) < 4.78 is 0. The number of nitrogens with zero attached hydrogens (tertiary/aromatic N) is 3. The number of anilines is 1. The third-order valence-corrected chi connectivity index (χ3v) is 4.86. The summed E-state index contributed by atoms with van der Waals surface area (Å²) in [5.41, 5.74) is 7.85. The summed E-state index contributed by atoms with van der Waals surface area (Å²) in [6, 6.07) is 5.84. The van der Waals surface area contributed by atoms with E-state index in [9.17, 15) is 9.59 Å². The van der Waals surface area contributed by atoms with Gasteiger partial charge in [0.2, 0.25) is 5.91 Å². The van der Waals surface area contributed by atoms with E-state index in [4.69, 9.17) is 5.73 Å². The minimum Gasteiger partial charge on any atom is -0.363 e. The predicted octanol–water partition coefficient (Wildman–Crippen LogP) is 1.38. The Morgan fingerprint density at radius 2 is 2.19 bits per heavy atom. The number of likely N-dealkylation sites (N-methyl/N-ethyl adjacent to an activating group) is 1. The first-order valence-electron chi connectivity index (χ1n) is 9.19. The van der Waals surface area contributed by atoms with Crippen molar-refractivity contribution in [2.45, 2.75) is 19.4 Å². The third-order valence-electron chi connectivity index (χ3n) is 4.86. The fraction of sp³-hybridized carbons (Fsp3) is 0.350. The molecule has 2 aromatic rings. The van der Waals surface area contributed by atoms with Gasteiger partial charge >= 0.3 is 0 Å². The number of amides is 1. The van der Waals surface area contributed by atoms with Gasteiger partial charge in [0.15, 0.2) is 0 Å². The van der Waals surface area contributed by atoms with E-state index in [0.29, 0.717) is 31.9 Å². The normalized spacial score (nSPS) is 16.8. The van der Waals surface area contributed by atoms with Gasteiger partial charge in [0.05, 0.1) is 0 Å². The smallest absolute Gasteiger partial charge is 0.271 e. The van der Waals surface area contributed by atoms with Crippen LogP contribution in [0.3, 0.4) is 0 Å². The number of hydrogen-bond acceptors (Lipinski definition) is 5. The molecule has 1 saturated heterocycles. The van der Waals surface area contributed by atoms with Gasteiger partial charge in [-0.15, -0.1) is 0 Å². The van der Waals surface area contributed by atoms with Crippen molar-refractivity contribution in [1.29, 1.82) is 0 Å². The van der Waals surface area contributed by atoms with E-state index >= 15 is 0 Å². The van der Waals surface area contributed by atoms with Crippen LogP contribution in [0.4, 0.5) is 5.69 Å². The zero-order chi connectivity index (χ0) is 19.2. The topological polar surface area (TPSA) is 95.3 Å². The standard InChI is InChI=1S/C20H25N5O2/c1-2-25(17-7-11-24(14-17)19(26)4-3-8-21)18-12-16(13-23-20(18)27)15-5-9-22-10-6-15/h3-6,9-10,12-13,17H,2,7-8,11,14,21H2,1H3,(H,23,27)/b4-3+. The number of nitrogens with one attached hydrogen (secondary N) is 1. The first-order valence-corrected chi connectivity index (χ1v) is 9.19. The van der Waals surface area contributed by atoms with E-state index in [1.807, 2.05) is 25.1 Å². The molecule has 1 fully saturated rings. The van der Waals surface area contributed by atoms with Crippen LogP contribution in [0, 0.1) is 0 Å². The van der Waals surface area contributed by atoms with Gasteiger partial charge in [-0.25, -0.2) is 0 Å². The van der Waals surface area contributed by atoms with Crippen LogP contribution >= 0.6 is 0 Å². The SMILES string of the molecule is CCN(c1cc(-c2ccncc2)c[nH]c1=O)C1CCN(C(=O)/C=C/CN)C1. The maximum Gasteiger partial charge on any atom is 0.271 e. The summed E-state index contributed by atoms with van der Waals surface area (Å²) in [4.78, 5) is 35.5. The lowest BCUT2D eigenvalue weighted by Gasteiger charge is -2.29. The van der Waals surface area contributed by atoms with Crippen LogP contribution in [0.2, 0.25) is 0 Å². The molecule has 1 aliphatic rings. The van der Waals surface area contributed by atoms with Gasteiger partial charge in [-0.2, -0.15) is 0 Å². The summed E-state index contributed by atoms with van der Waals surface area (Å²) in [6.45, 7) is 4.34. The summed E-state index contributed by atoms with van der Waals surface area (Å²) in [5.74, 6) is -0.0292. The molecule has 0 spiro atoms. The first-order chi connectivity index (χ1) is 13.1. The van der Waals surface area contributed by atoms with Crippen LogP contribution in [-0.4, -0.2) is 53.0 Å². The number of aromatic nitrogens is 2. The Labute approximate surface area is 158 Å². The molecule has 0 aromatic carbocycles. The minimum atomic E-state index is -0.123. The lowest BCUT2D eigenvalue weighted by molar-refractivity contribution is -0.125. The summed E-state index contributed by atoms with van der Waals surface area (Å²) in [5, 5.41) is 0. The average Bonchev–Trinajstić information content (AvgIpc) is 3.19. The number of carbonyl (C=O) groups is 1. The highest BCUT2D eigenvalue weighted by Crippen LogP contribution is 2.24. The van der Waals surface area contributed by atoms with Crippen LogP contribution in [0.5, 0.6) is 0 Å². The number of pyridine rings is 2. The quantitative estimate of drug-likeness (QED) is 0.752. The zero-order valence-corrected chi connectivity index (χ0v) is 15.5. The molecule has 2 aromatic heterocycles. The minimum absolute atomic E-state index is 0.0292. The van der Waals surface area contributed by atoms with Crippen molar-refractivity contribution in [3.05, 3.63) is 59.3 Å². The fourth-order valence-corrected chi connectivity index (χ4v) is 3.49. The van der Waals surface area contributed by atoms with E-state index in [-0.39, 0.29) is 17.5 Å². The largest absolute Gasteiger partial charge is 0.363 e. The van der Waals surface area contributed by atoms with Crippen molar-refractivity contribution in [2.75, 3.05) is 31.1 Å². The van der Waals surface area contributed by atoms with Crippen LogP contribution < -0.4 is 16.2 Å². The highest BCUT2D eigenvalue weighted by atomic mass is 16.2. The Morgan fingerprint density at radius 3 is 2.89 bits per heavy atom. The van der Waals surface area contributed by atoms with Crippen molar-refractivity contribution in [3.8, 4) is 11.1 Å². The summed E-state index contributed by atoms with van der Waals surface area (Å²) in [6.07, 6.45) is 9.19. The predicted molar refractivity (Wildman–Crippen MR) is 106 cm³/mol. The van der Waals surface area contributed by atoms with Crippen LogP contribution in [-0.2, 0) is 4.79 Å². The third kappa shape index (κ3) is 4.25. The second-order valence-corrected chi connectivity index (χ2v) is 6.49. The molecular weight excluding hydrogens is 342 g/mol. The second kappa shape index (κ2) is 8.64. The molecule has 0 bridgehead atoms. The number of likely N-dealkylation sites (tertiary alicyclic amines) is 1. The Bertz CT molecular complexity index is 862. The fourth-order valence-electron chi connectivity index (χ4n) is 3.49. The van der Waals surface area contributed by atoms with Crippen LogP contribution in [0.15, 0.2) is 53.7 Å². The van der Waals surface area contributed by atoms with E-state index in [2.05, 4.69) is 14.9 Å². The van der Waals surface area contributed by atoms with Gasteiger partial charge in [0.25, 0.3) is 5.56 Å². The maximum absolute atomic E-state index is 12.5. The lowest BCUT2D eigenvalue weighted by atomic mass is 10.1. The van der Waals surface area contributed by atoms with Crippen LogP contribution in [0.1, 0.15) is 13.3 Å². The summed E-state index contributed by atoms with van der Waals surface area (Å²) in [7, 11) is 0. The molecule has 3 heterocycles.